The summed E-state index contributed by atoms with van der Waals surface area (Å²) in [6.45, 7) is 1.90. The highest BCUT2D eigenvalue weighted by atomic mass is 32.1. The molecule has 2 N–H and O–H groups in total. The van der Waals surface area contributed by atoms with Gasteiger partial charge in [-0.2, -0.15) is 11.3 Å². The number of hydrogen-bond acceptors (Lipinski definition) is 5. The Morgan fingerprint density at radius 3 is 2.58 bits per heavy atom. The first-order valence-electron chi connectivity index (χ1n) is 9.52. The van der Waals surface area contributed by atoms with Crippen LogP contribution in [0.4, 0.5) is 11.4 Å². The molecule has 0 saturated carbocycles. The third-order valence-corrected chi connectivity index (χ3v) is 5.18. The van der Waals surface area contributed by atoms with Crippen molar-refractivity contribution in [1.82, 2.24) is 4.98 Å². The van der Waals surface area contributed by atoms with E-state index in [1.807, 2.05) is 24.4 Å². The van der Waals surface area contributed by atoms with Gasteiger partial charge in [0.15, 0.2) is 0 Å². The molecule has 31 heavy (non-hydrogen) atoms. The van der Waals surface area contributed by atoms with E-state index in [4.69, 9.17) is 4.74 Å². The molecule has 2 amide bonds. The van der Waals surface area contributed by atoms with Crippen molar-refractivity contribution < 1.29 is 14.3 Å². The van der Waals surface area contributed by atoms with Crippen LogP contribution in [-0.2, 0) is 0 Å². The number of nitrogens with one attached hydrogen (secondary N) is 2. The summed E-state index contributed by atoms with van der Waals surface area (Å²) in [5, 5.41) is 9.28. The van der Waals surface area contributed by atoms with Crippen LogP contribution in [0.2, 0.25) is 0 Å². The van der Waals surface area contributed by atoms with Crippen molar-refractivity contribution in [3.63, 3.8) is 0 Å². The molecule has 4 rings (SSSR count). The standard InChI is InChI=1S/C24H19N3O3S/c1-16-13-18(8-9-22(16)30-19-5-4-11-25-14-19)26-24(29)20-6-2-3-7-21(20)27-23(28)17-10-12-31-15-17/h2-15H,1H3,(H,26,29)(H,27,28). The molecule has 0 spiro atoms. The molecule has 7 heteroatoms. The van der Waals surface area contributed by atoms with Gasteiger partial charge in [-0.05, 0) is 66.4 Å². The summed E-state index contributed by atoms with van der Waals surface area (Å²) in [7, 11) is 0. The zero-order chi connectivity index (χ0) is 21.6. The zero-order valence-corrected chi connectivity index (χ0v) is 17.5. The van der Waals surface area contributed by atoms with E-state index in [1.165, 1.54) is 11.3 Å². The van der Waals surface area contributed by atoms with Crippen LogP contribution < -0.4 is 15.4 Å². The van der Waals surface area contributed by atoms with Gasteiger partial charge in [-0.25, -0.2) is 0 Å². The van der Waals surface area contributed by atoms with Crippen LogP contribution in [0, 0.1) is 6.92 Å². The van der Waals surface area contributed by atoms with Gasteiger partial charge in [0.05, 0.1) is 23.0 Å². The topological polar surface area (TPSA) is 80.3 Å². The average Bonchev–Trinajstić information content (AvgIpc) is 3.32. The van der Waals surface area contributed by atoms with Crippen molar-refractivity contribution in [2.45, 2.75) is 6.92 Å². The Morgan fingerprint density at radius 1 is 0.968 bits per heavy atom. The molecule has 0 atom stereocenters. The molecule has 0 aliphatic rings. The minimum atomic E-state index is -0.318. The van der Waals surface area contributed by atoms with E-state index in [9.17, 15) is 9.59 Å². The molecule has 4 aromatic rings. The molecule has 0 radical (unpaired) electrons. The number of hydrogen-bond donors (Lipinski definition) is 2. The first-order valence-corrected chi connectivity index (χ1v) is 10.5. The number of aryl methyl sites for hydroxylation is 1. The molecule has 0 unspecified atom stereocenters. The number of ether oxygens (including phenoxy) is 1. The van der Waals surface area contributed by atoms with Gasteiger partial charge in [0, 0.05) is 17.3 Å². The lowest BCUT2D eigenvalue weighted by atomic mass is 10.1. The zero-order valence-electron chi connectivity index (χ0n) is 16.7. The Balaban J connectivity index is 1.48. The van der Waals surface area contributed by atoms with Gasteiger partial charge in [-0.3, -0.25) is 14.6 Å². The van der Waals surface area contributed by atoms with Gasteiger partial charge in [0.1, 0.15) is 11.5 Å². The van der Waals surface area contributed by atoms with Crippen molar-refractivity contribution in [2.24, 2.45) is 0 Å². The van der Waals surface area contributed by atoms with E-state index >= 15 is 0 Å². The fourth-order valence-electron chi connectivity index (χ4n) is 2.95. The Hall–Kier alpha value is -3.97. The second-order valence-electron chi connectivity index (χ2n) is 6.74. The molecule has 6 nitrogen and oxygen atoms in total. The van der Waals surface area contributed by atoms with E-state index in [0.717, 1.165) is 5.56 Å². The number of carbonyl (C=O) groups excluding carboxylic acids is 2. The summed E-state index contributed by atoms with van der Waals surface area (Å²) in [5.41, 5.74) is 2.87. The normalized spacial score (nSPS) is 10.4. The van der Waals surface area contributed by atoms with Gasteiger partial charge in [-0.15, -0.1) is 0 Å². The fraction of sp³-hybridized carbons (Fsp3) is 0.0417. The summed E-state index contributed by atoms with van der Waals surface area (Å²) < 4.78 is 5.83. The smallest absolute Gasteiger partial charge is 0.257 e. The van der Waals surface area contributed by atoms with Gasteiger partial charge < -0.3 is 15.4 Å². The number of amides is 2. The Labute approximate surface area is 183 Å². The maximum absolute atomic E-state index is 12.9. The predicted molar refractivity (Wildman–Crippen MR) is 122 cm³/mol. The molecule has 154 valence electrons. The average molecular weight is 430 g/mol. The van der Waals surface area contributed by atoms with Gasteiger partial charge in [0.25, 0.3) is 11.8 Å². The molecule has 2 aromatic heterocycles. The quantitative estimate of drug-likeness (QED) is 0.409. The van der Waals surface area contributed by atoms with Gasteiger partial charge >= 0.3 is 0 Å². The third kappa shape index (κ3) is 4.96. The van der Waals surface area contributed by atoms with Gasteiger partial charge in [-0.1, -0.05) is 12.1 Å². The highest BCUT2D eigenvalue weighted by molar-refractivity contribution is 7.08. The van der Waals surface area contributed by atoms with Crippen LogP contribution >= 0.6 is 11.3 Å². The third-order valence-electron chi connectivity index (χ3n) is 4.50. The number of para-hydroxylation sites is 1. The number of thiophene rings is 1. The molecule has 2 aromatic carbocycles. The largest absolute Gasteiger partial charge is 0.455 e. The first-order chi connectivity index (χ1) is 15.1. The molecule has 0 aliphatic carbocycles. The summed E-state index contributed by atoms with van der Waals surface area (Å²) >= 11 is 1.44. The monoisotopic (exact) mass is 429 g/mol. The lowest BCUT2D eigenvalue weighted by Crippen LogP contribution is -2.18. The second kappa shape index (κ2) is 9.23. The van der Waals surface area contributed by atoms with Crippen LogP contribution in [0.1, 0.15) is 26.3 Å². The first kappa shape index (κ1) is 20.3. The van der Waals surface area contributed by atoms with Crippen LogP contribution in [-0.4, -0.2) is 16.8 Å². The Kier molecular flexibility index (Phi) is 6.05. The lowest BCUT2D eigenvalue weighted by Gasteiger charge is -2.13. The number of aromatic nitrogens is 1. The van der Waals surface area contributed by atoms with E-state index in [2.05, 4.69) is 15.6 Å². The Bertz CT molecular complexity index is 1210. The van der Waals surface area contributed by atoms with Gasteiger partial charge in [0.2, 0.25) is 0 Å². The highest BCUT2D eigenvalue weighted by Gasteiger charge is 2.15. The molecule has 0 fully saturated rings. The van der Waals surface area contributed by atoms with E-state index in [1.54, 1.807) is 66.3 Å². The number of carbonyl (C=O) groups is 2. The van der Waals surface area contributed by atoms with E-state index in [-0.39, 0.29) is 11.8 Å². The second-order valence-corrected chi connectivity index (χ2v) is 7.52. The van der Waals surface area contributed by atoms with Crippen molar-refractivity contribution >= 4 is 34.5 Å². The van der Waals surface area contributed by atoms with Crippen molar-refractivity contribution in [3.05, 3.63) is 101 Å². The van der Waals surface area contributed by atoms with Crippen molar-refractivity contribution in [3.8, 4) is 11.5 Å². The lowest BCUT2D eigenvalue weighted by molar-refractivity contribution is 0.102. The number of nitrogens with zero attached hydrogens (tertiary/aromatic N) is 1. The van der Waals surface area contributed by atoms with E-state index in [0.29, 0.717) is 34.0 Å². The Morgan fingerprint density at radius 2 is 1.84 bits per heavy atom. The molecule has 2 heterocycles. The van der Waals surface area contributed by atoms with Crippen LogP contribution in [0.3, 0.4) is 0 Å². The van der Waals surface area contributed by atoms with Crippen molar-refractivity contribution in [2.75, 3.05) is 10.6 Å². The maximum atomic E-state index is 12.9. The highest BCUT2D eigenvalue weighted by Crippen LogP contribution is 2.27. The van der Waals surface area contributed by atoms with Crippen molar-refractivity contribution in [1.29, 1.82) is 0 Å². The molecule has 0 saturated heterocycles. The minimum absolute atomic E-state index is 0.255. The number of benzene rings is 2. The molecule has 0 bridgehead atoms. The molecule has 0 aliphatic heterocycles. The SMILES string of the molecule is Cc1cc(NC(=O)c2ccccc2NC(=O)c2ccsc2)ccc1Oc1cccnc1. The molecular formula is C24H19N3O3S. The van der Waals surface area contributed by atoms with E-state index < -0.39 is 0 Å². The molecular weight excluding hydrogens is 410 g/mol. The summed E-state index contributed by atoms with van der Waals surface area (Å²) in [6.07, 6.45) is 3.31. The summed E-state index contributed by atoms with van der Waals surface area (Å²) in [5.74, 6) is 0.739. The predicted octanol–water partition coefficient (Wildman–Crippen LogP) is 5.75. The van der Waals surface area contributed by atoms with Crippen LogP contribution in [0.15, 0.2) is 83.8 Å². The number of anilines is 2. The maximum Gasteiger partial charge on any atom is 0.257 e. The van der Waals surface area contributed by atoms with Crippen LogP contribution in [0.5, 0.6) is 11.5 Å². The fourth-order valence-corrected chi connectivity index (χ4v) is 3.59. The minimum Gasteiger partial charge on any atom is -0.455 e. The summed E-state index contributed by atoms with van der Waals surface area (Å²) in [4.78, 5) is 29.3. The number of rotatable bonds is 6. The number of pyridine rings is 1. The van der Waals surface area contributed by atoms with Crippen LogP contribution in [0.25, 0.3) is 0 Å². The summed E-state index contributed by atoms with van der Waals surface area (Å²) in [6, 6.07) is 17.7.